The summed E-state index contributed by atoms with van der Waals surface area (Å²) in [6.45, 7) is 12.3. The average Bonchev–Trinajstić information content (AvgIpc) is 2.41. The third-order valence-electron chi connectivity index (χ3n) is 5.53. The number of likely N-dealkylation sites (tertiary alicyclic amines) is 1. The molecule has 2 heteroatoms. The van der Waals surface area contributed by atoms with Crippen LogP contribution in [0.5, 0.6) is 0 Å². The Labute approximate surface area is 114 Å². The molecule has 0 amide bonds. The van der Waals surface area contributed by atoms with Gasteiger partial charge in [0.15, 0.2) is 0 Å². The monoisotopic (exact) mass is 252 g/mol. The summed E-state index contributed by atoms with van der Waals surface area (Å²) in [4.78, 5) is 2.59. The minimum Gasteiger partial charge on any atom is -0.313 e. The Balaban J connectivity index is 1.68. The smallest absolute Gasteiger partial charge is 0.00953 e. The van der Waals surface area contributed by atoms with E-state index in [9.17, 15) is 0 Å². The molecule has 0 aromatic heterocycles. The first-order valence-electron chi connectivity index (χ1n) is 8.16. The van der Waals surface area contributed by atoms with Crippen LogP contribution in [0, 0.1) is 17.8 Å². The minimum absolute atomic E-state index is 0.790. The molecule has 0 bridgehead atoms. The Morgan fingerprint density at radius 3 is 2.44 bits per heavy atom. The fourth-order valence-corrected chi connectivity index (χ4v) is 3.69. The van der Waals surface area contributed by atoms with Crippen molar-refractivity contribution in [2.45, 2.75) is 58.9 Å². The van der Waals surface area contributed by atoms with E-state index in [1.54, 1.807) is 0 Å². The lowest BCUT2D eigenvalue weighted by Crippen LogP contribution is -2.44. The molecule has 0 radical (unpaired) electrons. The summed E-state index contributed by atoms with van der Waals surface area (Å²) in [6.07, 6.45) is 7.07. The first kappa shape index (κ1) is 14.3. The maximum Gasteiger partial charge on any atom is 0.00953 e. The molecule has 1 saturated heterocycles. The molecule has 3 unspecified atom stereocenters. The van der Waals surface area contributed by atoms with E-state index in [1.165, 1.54) is 58.3 Å². The predicted octanol–water partition coefficient (Wildman–Crippen LogP) is 3.13. The van der Waals surface area contributed by atoms with Gasteiger partial charge in [-0.3, -0.25) is 0 Å². The number of rotatable bonds is 4. The molecule has 1 heterocycles. The van der Waals surface area contributed by atoms with Gasteiger partial charge in [-0.1, -0.05) is 33.6 Å². The Morgan fingerprint density at radius 2 is 1.78 bits per heavy atom. The molecule has 0 aromatic carbocycles. The lowest BCUT2D eigenvalue weighted by atomic mass is 9.78. The van der Waals surface area contributed by atoms with Crippen molar-refractivity contribution in [2.75, 3.05) is 26.2 Å². The van der Waals surface area contributed by atoms with Gasteiger partial charge in [0.25, 0.3) is 0 Å². The van der Waals surface area contributed by atoms with Gasteiger partial charge < -0.3 is 10.2 Å². The van der Waals surface area contributed by atoms with Crippen LogP contribution in [0.1, 0.15) is 52.9 Å². The minimum atomic E-state index is 0.790. The van der Waals surface area contributed by atoms with Crippen LogP contribution in [-0.2, 0) is 0 Å². The lowest BCUT2D eigenvalue weighted by molar-refractivity contribution is 0.166. The van der Waals surface area contributed by atoms with Gasteiger partial charge in [-0.2, -0.15) is 0 Å². The average molecular weight is 252 g/mol. The molecule has 2 aliphatic rings. The zero-order valence-corrected chi connectivity index (χ0v) is 12.6. The van der Waals surface area contributed by atoms with E-state index in [4.69, 9.17) is 0 Å². The Hall–Kier alpha value is -0.0800. The van der Waals surface area contributed by atoms with Crippen molar-refractivity contribution in [1.82, 2.24) is 10.2 Å². The molecule has 1 saturated carbocycles. The molecular weight excluding hydrogens is 220 g/mol. The summed E-state index contributed by atoms with van der Waals surface area (Å²) < 4.78 is 0. The quantitative estimate of drug-likeness (QED) is 0.827. The highest BCUT2D eigenvalue weighted by Gasteiger charge is 2.27. The molecule has 106 valence electrons. The second-order valence-corrected chi connectivity index (χ2v) is 6.66. The molecule has 0 aromatic rings. The number of nitrogens with zero attached hydrogens (tertiary/aromatic N) is 1. The molecule has 0 spiro atoms. The second kappa shape index (κ2) is 6.91. The van der Waals surface area contributed by atoms with Crippen molar-refractivity contribution in [3.63, 3.8) is 0 Å². The van der Waals surface area contributed by atoms with E-state index in [1.807, 2.05) is 0 Å². The zero-order chi connectivity index (χ0) is 13.0. The molecule has 1 aliphatic heterocycles. The van der Waals surface area contributed by atoms with Crippen LogP contribution in [0.4, 0.5) is 0 Å². The Morgan fingerprint density at radius 1 is 1.06 bits per heavy atom. The fourth-order valence-electron chi connectivity index (χ4n) is 3.69. The topological polar surface area (TPSA) is 15.3 Å². The maximum absolute atomic E-state index is 3.89. The highest BCUT2D eigenvalue weighted by atomic mass is 15.1. The standard InChI is InChI=1S/C16H32N2/c1-4-18-10-8-15(9-11-18)12-17-16-7-5-6-13(2)14(16)3/h13-17H,4-12H2,1-3H3. The first-order chi connectivity index (χ1) is 8.70. The summed E-state index contributed by atoms with van der Waals surface area (Å²) in [5.74, 6) is 2.71. The van der Waals surface area contributed by atoms with Crippen LogP contribution in [0.25, 0.3) is 0 Å². The van der Waals surface area contributed by atoms with Crippen LogP contribution < -0.4 is 5.32 Å². The van der Waals surface area contributed by atoms with Crippen molar-refractivity contribution in [1.29, 1.82) is 0 Å². The van der Waals surface area contributed by atoms with Crippen LogP contribution in [0.3, 0.4) is 0 Å². The van der Waals surface area contributed by atoms with Crippen LogP contribution in [0.2, 0.25) is 0 Å². The Kier molecular flexibility index (Phi) is 5.50. The van der Waals surface area contributed by atoms with E-state index in [2.05, 4.69) is 31.0 Å². The molecule has 2 rings (SSSR count). The van der Waals surface area contributed by atoms with Gasteiger partial charge in [0.05, 0.1) is 0 Å². The van der Waals surface area contributed by atoms with Gasteiger partial charge in [0.1, 0.15) is 0 Å². The summed E-state index contributed by atoms with van der Waals surface area (Å²) in [6, 6.07) is 0.790. The van der Waals surface area contributed by atoms with E-state index in [-0.39, 0.29) is 0 Å². The summed E-state index contributed by atoms with van der Waals surface area (Å²) >= 11 is 0. The summed E-state index contributed by atoms with van der Waals surface area (Å²) in [5, 5.41) is 3.89. The second-order valence-electron chi connectivity index (χ2n) is 6.66. The van der Waals surface area contributed by atoms with E-state index in [0.29, 0.717) is 0 Å². The highest BCUT2D eigenvalue weighted by Crippen LogP contribution is 2.29. The van der Waals surface area contributed by atoms with Gasteiger partial charge in [-0.25, -0.2) is 0 Å². The van der Waals surface area contributed by atoms with Gasteiger partial charge in [-0.05, 0) is 63.2 Å². The Bertz CT molecular complexity index is 233. The molecule has 2 fully saturated rings. The van der Waals surface area contributed by atoms with Gasteiger partial charge >= 0.3 is 0 Å². The van der Waals surface area contributed by atoms with Crippen LogP contribution in [0.15, 0.2) is 0 Å². The largest absolute Gasteiger partial charge is 0.313 e. The number of nitrogens with one attached hydrogen (secondary N) is 1. The lowest BCUT2D eigenvalue weighted by Gasteiger charge is -2.37. The molecular formula is C16H32N2. The maximum atomic E-state index is 3.89. The SMILES string of the molecule is CCN1CCC(CNC2CCCC(C)C2C)CC1. The zero-order valence-electron chi connectivity index (χ0n) is 12.6. The van der Waals surface area contributed by atoms with E-state index < -0.39 is 0 Å². The molecule has 2 nitrogen and oxygen atoms in total. The van der Waals surface area contributed by atoms with E-state index >= 15 is 0 Å². The van der Waals surface area contributed by atoms with Gasteiger partial charge in [-0.15, -0.1) is 0 Å². The van der Waals surface area contributed by atoms with Gasteiger partial charge in [0.2, 0.25) is 0 Å². The molecule has 18 heavy (non-hydrogen) atoms. The fraction of sp³-hybridized carbons (Fsp3) is 1.00. The molecule has 1 aliphatic carbocycles. The molecule has 3 atom stereocenters. The van der Waals surface area contributed by atoms with Crippen molar-refractivity contribution < 1.29 is 0 Å². The normalized spacial score (nSPS) is 35.8. The number of hydrogen-bond donors (Lipinski definition) is 1. The van der Waals surface area contributed by atoms with Crippen molar-refractivity contribution in [3.8, 4) is 0 Å². The van der Waals surface area contributed by atoms with Crippen LogP contribution >= 0.6 is 0 Å². The first-order valence-corrected chi connectivity index (χ1v) is 8.16. The van der Waals surface area contributed by atoms with Crippen molar-refractivity contribution in [2.24, 2.45) is 17.8 Å². The molecule has 1 N–H and O–H groups in total. The van der Waals surface area contributed by atoms with Crippen molar-refractivity contribution in [3.05, 3.63) is 0 Å². The highest BCUT2D eigenvalue weighted by molar-refractivity contribution is 4.83. The number of hydrogen-bond acceptors (Lipinski definition) is 2. The number of piperidine rings is 1. The predicted molar refractivity (Wildman–Crippen MR) is 78.8 cm³/mol. The summed E-state index contributed by atoms with van der Waals surface area (Å²) in [5.41, 5.74) is 0. The summed E-state index contributed by atoms with van der Waals surface area (Å²) in [7, 11) is 0. The van der Waals surface area contributed by atoms with Crippen molar-refractivity contribution >= 4 is 0 Å². The third-order valence-corrected chi connectivity index (χ3v) is 5.53. The van der Waals surface area contributed by atoms with Crippen LogP contribution in [-0.4, -0.2) is 37.1 Å². The van der Waals surface area contributed by atoms with E-state index in [0.717, 1.165) is 23.8 Å². The van der Waals surface area contributed by atoms with Gasteiger partial charge in [0, 0.05) is 6.04 Å². The third kappa shape index (κ3) is 3.71.